The van der Waals surface area contributed by atoms with Crippen molar-refractivity contribution in [1.82, 2.24) is 9.55 Å². The Balaban J connectivity index is 2.13. The molecule has 0 unspecified atom stereocenters. The van der Waals surface area contributed by atoms with Crippen LogP contribution in [0.2, 0.25) is 0 Å². The van der Waals surface area contributed by atoms with Crippen molar-refractivity contribution in [2.45, 2.75) is 46.1 Å². The van der Waals surface area contributed by atoms with Crippen molar-refractivity contribution >= 4 is 5.69 Å². The summed E-state index contributed by atoms with van der Waals surface area (Å²) >= 11 is 0. The van der Waals surface area contributed by atoms with E-state index in [0.29, 0.717) is 41.3 Å². The van der Waals surface area contributed by atoms with E-state index >= 15 is 0 Å². The van der Waals surface area contributed by atoms with Crippen LogP contribution in [0, 0.1) is 18.6 Å². The zero-order valence-electron chi connectivity index (χ0n) is 19.6. The third-order valence-corrected chi connectivity index (χ3v) is 5.82. The first-order valence-electron chi connectivity index (χ1n) is 10.7. The minimum Gasteiger partial charge on any atom is -0.493 e. The Morgan fingerprint density at radius 3 is 2.21 bits per heavy atom. The number of aryl methyl sites for hydroxylation is 2. The molecule has 8 heteroatoms. The highest BCUT2D eigenvalue weighted by atomic mass is 19.1. The minimum atomic E-state index is -0.787. The van der Waals surface area contributed by atoms with Crippen molar-refractivity contribution in [3.8, 4) is 22.8 Å². The van der Waals surface area contributed by atoms with Crippen LogP contribution < -0.4 is 20.7 Å². The minimum absolute atomic E-state index is 0.128. The van der Waals surface area contributed by atoms with Gasteiger partial charge in [-0.15, -0.1) is 0 Å². The third kappa shape index (κ3) is 3.94. The number of methoxy groups -OCH3 is 2. The summed E-state index contributed by atoms with van der Waals surface area (Å²) in [7, 11) is 3.12. The van der Waals surface area contributed by atoms with Crippen LogP contribution in [0.4, 0.5) is 14.5 Å². The number of nitrogens with zero attached hydrogens (tertiary/aromatic N) is 2. The van der Waals surface area contributed by atoms with Gasteiger partial charge < -0.3 is 9.47 Å². The van der Waals surface area contributed by atoms with E-state index in [2.05, 4.69) is 9.98 Å². The summed E-state index contributed by atoms with van der Waals surface area (Å²) in [5, 5.41) is 0. The van der Waals surface area contributed by atoms with Gasteiger partial charge >= 0.3 is 5.69 Å². The van der Waals surface area contributed by atoms with Gasteiger partial charge in [0, 0.05) is 17.7 Å². The van der Waals surface area contributed by atoms with Crippen LogP contribution in [0.15, 0.2) is 34.1 Å². The van der Waals surface area contributed by atoms with Crippen LogP contribution in [-0.4, -0.2) is 23.8 Å². The molecule has 1 aromatic heterocycles. The first-order valence-corrected chi connectivity index (χ1v) is 10.7. The molecule has 1 N–H and O–H groups in total. The summed E-state index contributed by atoms with van der Waals surface area (Å²) in [6.07, 6.45) is 0.623. The molecule has 3 aromatic rings. The van der Waals surface area contributed by atoms with E-state index in [1.54, 1.807) is 25.7 Å². The Labute approximate surface area is 190 Å². The molecular formula is C25H27F2N3O3. The molecular weight excluding hydrogens is 428 g/mol. The lowest BCUT2D eigenvalue weighted by Crippen LogP contribution is -2.40. The van der Waals surface area contributed by atoms with E-state index in [-0.39, 0.29) is 5.49 Å². The van der Waals surface area contributed by atoms with E-state index in [1.165, 1.54) is 12.1 Å². The Kier molecular flexibility index (Phi) is 5.64. The van der Waals surface area contributed by atoms with Crippen LogP contribution in [-0.2, 0) is 18.4 Å². The predicted octanol–water partition coefficient (Wildman–Crippen LogP) is 4.53. The van der Waals surface area contributed by atoms with Crippen molar-refractivity contribution in [3.63, 3.8) is 0 Å². The number of H-pyrrole nitrogens is 1. The number of aromatic amines is 1. The lowest BCUT2D eigenvalue weighted by molar-refractivity contribution is 0.354. The molecule has 0 fully saturated rings. The number of rotatable bonds is 3. The van der Waals surface area contributed by atoms with Crippen LogP contribution in [0.25, 0.3) is 11.3 Å². The summed E-state index contributed by atoms with van der Waals surface area (Å²) in [6, 6.07) is 6.18. The van der Waals surface area contributed by atoms with Gasteiger partial charge in [-0.05, 0) is 54.2 Å². The maximum absolute atomic E-state index is 14.6. The van der Waals surface area contributed by atoms with Gasteiger partial charge in [0.15, 0.2) is 23.1 Å². The highest BCUT2D eigenvalue weighted by Gasteiger charge is 2.30. The summed E-state index contributed by atoms with van der Waals surface area (Å²) in [6.45, 7) is 7.96. The topological polar surface area (TPSA) is 68.6 Å². The van der Waals surface area contributed by atoms with Crippen molar-refractivity contribution in [1.29, 1.82) is 0 Å². The standard InChI is InChI=1S/C25H27F2N3O3/c1-13-9-16(26)21(17(27)10-13)28-23-20(25(2,3)4)22-15-12-19(33-6)18(32-5)11-14(15)7-8-30(22)24(31)29-23/h9-12H,7-8H2,1-6H3,(H,28,29,31). The molecule has 33 heavy (non-hydrogen) atoms. The number of aromatic nitrogens is 2. The van der Waals surface area contributed by atoms with E-state index < -0.39 is 28.4 Å². The van der Waals surface area contributed by atoms with Gasteiger partial charge in [-0.2, -0.15) is 0 Å². The average Bonchev–Trinajstić information content (AvgIpc) is 2.74. The van der Waals surface area contributed by atoms with Crippen molar-refractivity contribution in [2.75, 3.05) is 14.2 Å². The molecule has 0 atom stereocenters. The van der Waals surface area contributed by atoms with Crippen molar-refractivity contribution in [3.05, 3.63) is 68.6 Å². The largest absolute Gasteiger partial charge is 0.493 e. The summed E-state index contributed by atoms with van der Waals surface area (Å²) in [4.78, 5) is 20.1. The quantitative estimate of drug-likeness (QED) is 0.631. The van der Waals surface area contributed by atoms with Gasteiger partial charge in [-0.3, -0.25) is 9.55 Å². The number of halogens is 2. The van der Waals surface area contributed by atoms with Crippen LogP contribution in [0.1, 0.15) is 37.5 Å². The molecule has 0 bridgehead atoms. The molecule has 4 rings (SSSR count). The van der Waals surface area contributed by atoms with Crippen LogP contribution >= 0.6 is 0 Å². The summed E-state index contributed by atoms with van der Waals surface area (Å²) in [5.41, 5.74) is 2.35. The van der Waals surface area contributed by atoms with Crippen LogP contribution in [0.5, 0.6) is 11.5 Å². The molecule has 0 aliphatic carbocycles. The number of nitrogens with one attached hydrogen (secondary N) is 1. The lowest BCUT2D eigenvalue weighted by atomic mass is 9.82. The molecule has 6 nitrogen and oxygen atoms in total. The molecule has 174 valence electrons. The Morgan fingerprint density at radius 2 is 1.64 bits per heavy atom. The second-order valence-corrected chi connectivity index (χ2v) is 9.21. The third-order valence-electron chi connectivity index (χ3n) is 5.82. The Hall–Kier alpha value is -3.42. The highest BCUT2D eigenvalue weighted by molar-refractivity contribution is 5.73. The molecule has 0 radical (unpaired) electrons. The van der Waals surface area contributed by atoms with E-state index in [1.807, 2.05) is 32.9 Å². The van der Waals surface area contributed by atoms with E-state index in [9.17, 15) is 13.6 Å². The van der Waals surface area contributed by atoms with Gasteiger partial charge in [0.1, 0.15) is 11.2 Å². The van der Waals surface area contributed by atoms with Gasteiger partial charge in [-0.25, -0.2) is 18.6 Å². The van der Waals surface area contributed by atoms with Gasteiger partial charge in [-0.1, -0.05) is 20.8 Å². The molecule has 2 heterocycles. The SMILES string of the molecule is COc1cc2c(cc1OC)-c1c(C(C)(C)C)/c(=N\c3c(F)cc(C)cc3F)[nH]c(=O)n1CC2. The fraction of sp³-hybridized carbons (Fsp3) is 0.360. The van der Waals surface area contributed by atoms with Gasteiger partial charge in [0.2, 0.25) is 0 Å². The molecule has 1 aliphatic rings. The smallest absolute Gasteiger partial charge is 0.327 e. The maximum atomic E-state index is 14.6. The molecule has 2 aromatic carbocycles. The Morgan fingerprint density at radius 1 is 1.03 bits per heavy atom. The predicted molar refractivity (Wildman–Crippen MR) is 122 cm³/mol. The zero-order valence-corrected chi connectivity index (χ0v) is 19.6. The fourth-order valence-electron chi connectivity index (χ4n) is 4.36. The monoisotopic (exact) mass is 455 g/mol. The first-order chi connectivity index (χ1) is 15.5. The fourth-order valence-corrected chi connectivity index (χ4v) is 4.36. The number of hydrogen-bond acceptors (Lipinski definition) is 4. The molecule has 1 aliphatic heterocycles. The molecule has 0 amide bonds. The van der Waals surface area contributed by atoms with Crippen LogP contribution in [0.3, 0.4) is 0 Å². The molecule has 0 saturated carbocycles. The van der Waals surface area contributed by atoms with E-state index in [0.717, 1.165) is 11.1 Å². The van der Waals surface area contributed by atoms with Gasteiger partial charge in [0.25, 0.3) is 0 Å². The maximum Gasteiger partial charge on any atom is 0.327 e. The van der Waals surface area contributed by atoms with E-state index in [4.69, 9.17) is 9.47 Å². The van der Waals surface area contributed by atoms with Gasteiger partial charge in [0.05, 0.1) is 19.9 Å². The first kappa shape index (κ1) is 22.8. The number of hydrogen-bond donors (Lipinski definition) is 1. The second kappa shape index (κ2) is 8.17. The average molecular weight is 456 g/mol. The second-order valence-electron chi connectivity index (χ2n) is 9.21. The summed E-state index contributed by atoms with van der Waals surface area (Å²) < 4.78 is 41.8. The van der Waals surface area contributed by atoms with Crippen molar-refractivity contribution in [2.24, 2.45) is 4.99 Å². The normalized spacial score (nSPS) is 13.5. The number of ether oxygens (including phenoxy) is 2. The zero-order chi connectivity index (χ0) is 24.1. The lowest BCUT2D eigenvalue weighted by Gasteiger charge is -2.30. The highest BCUT2D eigenvalue weighted by Crippen LogP contribution is 2.40. The number of benzene rings is 2. The Bertz CT molecular complexity index is 1360. The van der Waals surface area contributed by atoms with Crippen molar-refractivity contribution < 1.29 is 18.3 Å². The number of fused-ring (bicyclic) bond motifs is 3. The molecule has 0 spiro atoms. The molecule has 0 saturated heterocycles. The summed E-state index contributed by atoms with van der Waals surface area (Å²) in [5.74, 6) is -0.449.